The van der Waals surface area contributed by atoms with Crippen LogP contribution >= 0.6 is 0 Å². The van der Waals surface area contributed by atoms with Crippen molar-refractivity contribution in [3.8, 4) is 17.2 Å². The Kier molecular flexibility index (Phi) is 7.69. The number of alkyl halides is 3. The molecule has 1 unspecified atom stereocenters. The van der Waals surface area contributed by atoms with Crippen molar-refractivity contribution in [3.63, 3.8) is 0 Å². The number of nitrogens with one attached hydrogen (secondary N) is 2. The summed E-state index contributed by atoms with van der Waals surface area (Å²) in [6.45, 7) is 1.04. The third-order valence-electron chi connectivity index (χ3n) is 5.82. The first-order valence-electron chi connectivity index (χ1n) is 11.6. The van der Waals surface area contributed by atoms with Crippen molar-refractivity contribution in [3.05, 3.63) is 77.9 Å². The average molecular weight is 500 g/mol. The fourth-order valence-electron chi connectivity index (χ4n) is 4.36. The summed E-state index contributed by atoms with van der Waals surface area (Å²) in [7, 11) is 4.15. The van der Waals surface area contributed by atoms with Crippen molar-refractivity contribution in [2.75, 3.05) is 31.3 Å². The number of nitrogens with zero attached hydrogens (tertiary/aromatic N) is 1. The second-order valence-electron chi connectivity index (χ2n) is 9.06. The first-order chi connectivity index (χ1) is 17.1. The van der Waals surface area contributed by atoms with Crippen molar-refractivity contribution in [2.45, 2.75) is 25.6 Å². The molecular weight excluding hydrogens is 471 g/mol. The maximum atomic E-state index is 13.0. The van der Waals surface area contributed by atoms with Crippen LogP contribution in [0.3, 0.4) is 0 Å². The monoisotopic (exact) mass is 499 g/mol. The molecule has 0 heterocycles. The van der Waals surface area contributed by atoms with E-state index in [0.717, 1.165) is 31.9 Å². The second kappa shape index (κ2) is 10.9. The third-order valence-corrected chi connectivity index (χ3v) is 5.82. The molecule has 0 aromatic heterocycles. The summed E-state index contributed by atoms with van der Waals surface area (Å²) in [5, 5.41) is 5.31. The largest absolute Gasteiger partial charge is 0.573 e. The van der Waals surface area contributed by atoms with E-state index < -0.39 is 18.1 Å². The lowest BCUT2D eigenvalue weighted by atomic mass is 9.83. The van der Waals surface area contributed by atoms with E-state index in [1.54, 1.807) is 30.3 Å². The number of benzene rings is 3. The van der Waals surface area contributed by atoms with Crippen molar-refractivity contribution in [1.29, 1.82) is 0 Å². The molecule has 0 spiro atoms. The summed E-state index contributed by atoms with van der Waals surface area (Å²) in [5.41, 5.74) is 3.22. The van der Waals surface area contributed by atoms with Gasteiger partial charge in [0.15, 0.2) is 11.5 Å². The van der Waals surface area contributed by atoms with E-state index >= 15 is 0 Å². The second-order valence-corrected chi connectivity index (χ2v) is 9.06. The fourth-order valence-corrected chi connectivity index (χ4v) is 4.36. The molecule has 0 bridgehead atoms. The molecule has 3 aromatic carbocycles. The standard InChI is InChI=1S/C27H28F3N3O3/c1-33(2)17-18-8-9-20-15-21(11-10-19(20)14-18)31-26(34)32-22-12-13-24(25(16-22)36-27(28,29)30)35-23-6-4-3-5-7-23/h3-7,10-13,15-16,18H,8-9,14,17H2,1-2H3,(H2,31,32,34). The van der Waals surface area contributed by atoms with Crippen LogP contribution in [0.1, 0.15) is 17.5 Å². The van der Waals surface area contributed by atoms with Gasteiger partial charge in [0.25, 0.3) is 0 Å². The Labute approximate surface area is 208 Å². The highest BCUT2D eigenvalue weighted by Gasteiger charge is 2.33. The Morgan fingerprint density at radius 2 is 1.64 bits per heavy atom. The molecule has 0 radical (unpaired) electrons. The normalized spacial score (nSPS) is 15.2. The summed E-state index contributed by atoms with van der Waals surface area (Å²) in [6, 6.07) is 17.4. The summed E-state index contributed by atoms with van der Waals surface area (Å²) in [6.07, 6.45) is -1.91. The molecule has 2 amide bonds. The third kappa shape index (κ3) is 7.14. The SMILES string of the molecule is CN(C)CC1CCc2cc(NC(=O)Nc3ccc(Oc4ccccc4)c(OC(F)(F)F)c3)ccc2C1. The number of anilines is 2. The number of urea groups is 1. The van der Waals surface area contributed by atoms with Gasteiger partial charge in [-0.25, -0.2) is 4.79 Å². The molecule has 1 atom stereocenters. The predicted molar refractivity (Wildman–Crippen MR) is 133 cm³/mol. The van der Waals surface area contributed by atoms with E-state index in [-0.39, 0.29) is 11.4 Å². The van der Waals surface area contributed by atoms with E-state index in [4.69, 9.17) is 4.74 Å². The highest BCUT2D eigenvalue weighted by molar-refractivity contribution is 6.00. The zero-order valence-corrected chi connectivity index (χ0v) is 20.1. The molecule has 2 N–H and O–H groups in total. The first kappa shape index (κ1) is 25.4. The van der Waals surface area contributed by atoms with E-state index in [1.165, 1.54) is 23.3 Å². The van der Waals surface area contributed by atoms with Gasteiger partial charge in [-0.1, -0.05) is 24.3 Å². The molecule has 0 aliphatic heterocycles. The minimum Gasteiger partial charge on any atom is -0.453 e. The predicted octanol–water partition coefficient (Wildman–Crippen LogP) is 6.69. The summed E-state index contributed by atoms with van der Waals surface area (Å²) in [4.78, 5) is 14.8. The van der Waals surface area contributed by atoms with Crippen LogP contribution in [0.15, 0.2) is 66.7 Å². The molecule has 9 heteroatoms. The van der Waals surface area contributed by atoms with Crippen molar-refractivity contribution >= 4 is 17.4 Å². The summed E-state index contributed by atoms with van der Waals surface area (Å²) in [5.74, 6) is 0.261. The van der Waals surface area contributed by atoms with Crippen molar-refractivity contribution < 1.29 is 27.4 Å². The number of rotatable bonds is 7. The van der Waals surface area contributed by atoms with Crippen LogP contribution < -0.4 is 20.1 Å². The van der Waals surface area contributed by atoms with Crippen LogP contribution in [0.4, 0.5) is 29.3 Å². The number of carbonyl (C=O) groups is 1. The molecule has 6 nitrogen and oxygen atoms in total. The highest BCUT2D eigenvalue weighted by atomic mass is 19.4. The van der Waals surface area contributed by atoms with Crippen LogP contribution in [0.5, 0.6) is 17.2 Å². The number of hydrogen-bond acceptors (Lipinski definition) is 4. The van der Waals surface area contributed by atoms with Crippen LogP contribution in [-0.4, -0.2) is 37.9 Å². The van der Waals surface area contributed by atoms with Gasteiger partial charge >= 0.3 is 12.4 Å². The van der Waals surface area contributed by atoms with Gasteiger partial charge in [-0.3, -0.25) is 0 Å². The highest BCUT2D eigenvalue weighted by Crippen LogP contribution is 2.37. The van der Waals surface area contributed by atoms with Crippen LogP contribution in [0.2, 0.25) is 0 Å². The van der Waals surface area contributed by atoms with Gasteiger partial charge in [-0.2, -0.15) is 0 Å². The lowest BCUT2D eigenvalue weighted by molar-refractivity contribution is -0.275. The van der Waals surface area contributed by atoms with Crippen LogP contribution in [0.25, 0.3) is 0 Å². The zero-order valence-electron chi connectivity index (χ0n) is 20.1. The number of ether oxygens (including phenoxy) is 2. The molecule has 3 aromatic rings. The van der Waals surface area contributed by atoms with E-state index in [2.05, 4.69) is 34.4 Å². The lowest BCUT2D eigenvalue weighted by Gasteiger charge is -2.27. The zero-order chi connectivity index (χ0) is 25.7. The molecule has 0 saturated carbocycles. The molecule has 0 fully saturated rings. The van der Waals surface area contributed by atoms with Crippen molar-refractivity contribution in [2.24, 2.45) is 5.92 Å². The summed E-state index contributed by atoms with van der Waals surface area (Å²) >= 11 is 0. The topological polar surface area (TPSA) is 62.8 Å². The molecule has 4 rings (SSSR count). The molecule has 1 aliphatic carbocycles. The minimum absolute atomic E-state index is 0.122. The number of aryl methyl sites for hydroxylation is 1. The Bertz CT molecular complexity index is 1200. The lowest BCUT2D eigenvalue weighted by Crippen LogP contribution is -2.26. The molecule has 36 heavy (non-hydrogen) atoms. The fraction of sp³-hybridized carbons (Fsp3) is 0.296. The molecule has 190 valence electrons. The number of fused-ring (bicyclic) bond motifs is 1. The van der Waals surface area contributed by atoms with Crippen molar-refractivity contribution in [1.82, 2.24) is 4.90 Å². The number of para-hydroxylation sites is 1. The Morgan fingerprint density at radius 3 is 2.33 bits per heavy atom. The Balaban J connectivity index is 1.43. The van der Waals surface area contributed by atoms with Gasteiger partial charge in [-0.15, -0.1) is 13.2 Å². The van der Waals surface area contributed by atoms with E-state index in [9.17, 15) is 18.0 Å². The van der Waals surface area contributed by atoms with Gasteiger partial charge < -0.3 is 25.0 Å². The Hall–Kier alpha value is -3.72. The Morgan fingerprint density at radius 1 is 0.944 bits per heavy atom. The number of carbonyl (C=O) groups excluding carboxylic acids is 1. The van der Waals surface area contributed by atoms with E-state index in [1.807, 2.05) is 18.2 Å². The number of amides is 2. The maximum Gasteiger partial charge on any atom is 0.573 e. The van der Waals surface area contributed by atoms with E-state index in [0.29, 0.717) is 17.4 Å². The number of halogens is 3. The van der Waals surface area contributed by atoms with Crippen LogP contribution in [-0.2, 0) is 12.8 Å². The first-order valence-corrected chi connectivity index (χ1v) is 11.6. The van der Waals surface area contributed by atoms with Gasteiger partial charge in [-0.05, 0) is 86.8 Å². The van der Waals surface area contributed by atoms with Crippen LogP contribution in [0, 0.1) is 5.92 Å². The van der Waals surface area contributed by atoms with Gasteiger partial charge in [0.05, 0.1) is 0 Å². The van der Waals surface area contributed by atoms with Gasteiger partial charge in [0, 0.05) is 24.0 Å². The average Bonchev–Trinajstić information content (AvgIpc) is 2.80. The maximum absolute atomic E-state index is 13.0. The smallest absolute Gasteiger partial charge is 0.453 e. The minimum atomic E-state index is -4.93. The molecule has 0 saturated heterocycles. The quantitative estimate of drug-likeness (QED) is 0.380. The number of hydrogen-bond donors (Lipinski definition) is 2. The summed E-state index contributed by atoms with van der Waals surface area (Å²) < 4.78 is 48.6. The molecular formula is C27H28F3N3O3. The van der Waals surface area contributed by atoms with Gasteiger partial charge in [0.1, 0.15) is 5.75 Å². The van der Waals surface area contributed by atoms with Gasteiger partial charge in [0.2, 0.25) is 0 Å². The molecule has 1 aliphatic rings.